The Morgan fingerprint density at radius 2 is 2.17 bits per heavy atom. The van der Waals surface area contributed by atoms with Gasteiger partial charge in [-0.2, -0.15) is 0 Å². The van der Waals surface area contributed by atoms with Crippen molar-refractivity contribution in [1.82, 2.24) is 5.32 Å². The van der Waals surface area contributed by atoms with Crippen molar-refractivity contribution in [3.63, 3.8) is 0 Å². The van der Waals surface area contributed by atoms with Crippen LogP contribution in [0.4, 0.5) is 0 Å². The van der Waals surface area contributed by atoms with Crippen molar-refractivity contribution in [3.8, 4) is 0 Å². The highest BCUT2D eigenvalue weighted by atomic mass is 32.1. The van der Waals surface area contributed by atoms with Gasteiger partial charge in [-0.1, -0.05) is 18.9 Å². The first-order chi connectivity index (χ1) is 5.87. The van der Waals surface area contributed by atoms with Crippen LogP contribution in [0.2, 0.25) is 0 Å². The monoisotopic (exact) mass is 181 g/mol. The van der Waals surface area contributed by atoms with E-state index < -0.39 is 0 Å². The molecule has 1 saturated carbocycles. The molecule has 0 unspecified atom stereocenters. The smallest absolute Gasteiger partial charge is 0.0526 e. The molecule has 1 aromatic heterocycles. The Morgan fingerprint density at radius 3 is 2.67 bits per heavy atom. The van der Waals surface area contributed by atoms with E-state index in [-0.39, 0.29) is 0 Å². The number of hydrogen-bond acceptors (Lipinski definition) is 2. The summed E-state index contributed by atoms with van der Waals surface area (Å²) in [7, 11) is 2.09. The van der Waals surface area contributed by atoms with Gasteiger partial charge in [0.05, 0.1) is 5.54 Å². The van der Waals surface area contributed by atoms with Gasteiger partial charge in [-0.3, -0.25) is 0 Å². The Morgan fingerprint density at radius 1 is 1.42 bits per heavy atom. The molecule has 2 heteroatoms. The summed E-state index contributed by atoms with van der Waals surface area (Å²) >= 11 is 1.88. The summed E-state index contributed by atoms with van der Waals surface area (Å²) in [5.41, 5.74) is 0.328. The van der Waals surface area contributed by atoms with E-state index in [1.54, 1.807) is 0 Å². The minimum absolute atomic E-state index is 0.328. The molecule has 1 nitrogen and oxygen atoms in total. The fourth-order valence-corrected chi connectivity index (χ4v) is 3.14. The molecule has 0 saturated heterocycles. The van der Waals surface area contributed by atoms with E-state index in [1.165, 1.54) is 30.6 Å². The molecule has 1 aliphatic rings. The van der Waals surface area contributed by atoms with Crippen LogP contribution in [-0.2, 0) is 5.54 Å². The number of thiophene rings is 1. The fraction of sp³-hybridized carbons (Fsp3) is 0.600. The van der Waals surface area contributed by atoms with Crippen LogP contribution in [0.15, 0.2) is 17.5 Å². The summed E-state index contributed by atoms with van der Waals surface area (Å²) in [6, 6.07) is 4.41. The van der Waals surface area contributed by atoms with E-state index in [0.29, 0.717) is 5.54 Å². The first kappa shape index (κ1) is 8.27. The van der Waals surface area contributed by atoms with Crippen LogP contribution in [0, 0.1) is 0 Å². The molecule has 0 radical (unpaired) electrons. The molecule has 0 amide bonds. The van der Waals surface area contributed by atoms with Crippen molar-refractivity contribution in [1.29, 1.82) is 0 Å². The topological polar surface area (TPSA) is 12.0 Å². The molecule has 0 bridgehead atoms. The minimum atomic E-state index is 0.328. The lowest BCUT2D eigenvalue weighted by molar-refractivity contribution is 0.380. The van der Waals surface area contributed by atoms with E-state index >= 15 is 0 Å². The third-order valence-electron chi connectivity index (χ3n) is 2.93. The summed E-state index contributed by atoms with van der Waals surface area (Å²) in [6.45, 7) is 0. The van der Waals surface area contributed by atoms with Crippen molar-refractivity contribution in [2.45, 2.75) is 31.2 Å². The molecule has 0 aliphatic heterocycles. The van der Waals surface area contributed by atoms with Crippen LogP contribution < -0.4 is 5.32 Å². The summed E-state index contributed by atoms with van der Waals surface area (Å²) in [6.07, 6.45) is 5.37. The highest BCUT2D eigenvalue weighted by molar-refractivity contribution is 7.10. The third kappa shape index (κ3) is 1.19. The Bertz CT molecular complexity index is 234. The first-order valence-corrected chi connectivity index (χ1v) is 5.48. The molecule has 0 atom stereocenters. The maximum absolute atomic E-state index is 3.49. The molecule has 1 fully saturated rings. The van der Waals surface area contributed by atoms with Gasteiger partial charge in [0.2, 0.25) is 0 Å². The molecule has 2 rings (SSSR count). The van der Waals surface area contributed by atoms with E-state index in [9.17, 15) is 0 Å². The zero-order chi connectivity index (χ0) is 8.44. The molecule has 1 aliphatic carbocycles. The van der Waals surface area contributed by atoms with Crippen LogP contribution in [0.3, 0.4) is 0 Å². The highest BCUT2D eigenvalue weighted by Gasteiger charge is 2.34. The normalized spacial score (nSPS) is 21.4. The fourth-order valence-electron chi connectivity index (χ4n) is 2.15. The van der Waals surface area contributed by atoms with Crippen LogP contribution in [0.1, 0.15) is 30.6 Å². The molecular weight excluding hydrogens is 166 g/mol. The number of hydrogen-bond donors (Lipinski definition) is 1. The van der Waals surface area contributed by atoms with Crippen LogP contribution >= 0.6 is 11.3 Å². The predicted molar refractivity (Wildman–Crippen MR) is 53.5 cm³/mol. The Kier molecular flexibility index (Phi) is 2.20. The molecular formula is C10H15NS. The lowest BCUT2D eigenvalue weighted by Crippen LogP contribution is -2.35. The van der Waals surface area contributed by atoms with Gasteiger partial charge in [0.25, 0.3) is 0 Å². The molecule has 66 valence electrons. The average molecular weight is 181 g/mol. The van der Waals surface area contributed by atoms with E-state index in [4.69, 9.17) is 0 Å². The van der Waals surface area contributed by atoms with Crippen LogP contribution in [-0.4, -0.2) is 7.05 Å². The van der Waals surface area contributed by atoms with Crippen molar-refractivity contribution in [3.05, 3.63) is 22.4 Å². The SMILES string of the molecule is CNC1(c2cccs2)CCCC1. The van der Waals surface area contributed by atoms with E-state index in [1.807, 2.05) is 11.3 Å². The van der Waals surface area contributed by atoms with Gasteiger partial charge in [0.15, 0.2) is 0 Å². The van der Waals surface area contributed by atoms with Crippen LogP contribution in [0.25, 0.3) is 0 Å². The second kappa shape index (κ2) is 3.19. The van der Waals surface area contributed by atoms with Gasteiger partial charge in [0, 0.05) is 4.88 Å². The van der Waals surface area contributed by atoms with E-state index in [2.05, 4.69) is 29.9 Å². The van der Waals surface area contributed by atoms with Crippen molar-refractivity contribution in [2.75, 3.05) is 7.05 Å². The number of rotatable bonds is 2. The second-order valence-electron chi connectivity index (χ2n) is 3.52. The van der Waals surface area contributed by atoms with E-state index in [0.717, 1.165) is 0 Å². The van der Waals surface area contributed by atoms with Crippen molar-refractivity contribution >= 4 is 11.3 Å². The van der Waals surface area contributed by atoms with Gasteiger partial charge in [-0.15, -0.1) is 11.3 Å². The second-order valence-corrected chi connectivity index (χ2v) is 4.46. The molecule has 1 N–H and O–H groups in total. The van der Waals surface area contributed by atoms with Crippen LogP contribution in [0.5, 0.6) is 0 Å². The largest absolute Gasteiger partial charge is 0.310 e. The minimum Gasteiger partial charge on any atom is -0.310 e. The quantitative estimate of drug-likeness (QED) is 0.739. The number of nitrogens with one attached hydrogen (secondary N) is 1. The summed E-state index contributed by atoms with van der Waals surface area (Å²) in [5.74, 6) is 0. The Labute approximate surface area is 77.8 Å². The predicted octanol–water partition coefficient (Wildman–Crippen LogP) is 2.74. The maximum Gasteiger partial charge on any atom is 0.0526 e. The lowest BCUT2D eigenvalue weighted by atomic mass is 9.96. The summed E-state index contributed by atoms with van der Waals surface area (Å²) in [4.78, 5) is 1.52. The third-order valence-corrected chi connectivity index (χ3v) is 4.00. The molecule has 12 heavy (non-hydrogen) atoms. The van der Waals surface area contributed by atoms with Gasteiger partial charge in [0.1, 0.15) is 0 Å². The highest BCUT2D eigenvalue weighted by Crippen LogP contribution is 2.40. The molecule has 1 heterocycles. The average Bonchev–Trinajstić information content (AvgIpc) is 2.76. The lowest BCUT2D eigenvalue weighted by Gasteiger charge is -2.27. The van der Waals surface area contributed by atoms with Gasteiger partial charge < -0.3 is 5.32 Å². The van der Waals surface area contributed by atoms with Gasteiger partial charge >= 0.3 is 0 Å². The zero-order valence-electron chi connectivity index (χ0n) is 7.47. The van der Waals surface area contributed by atoms with Gasteiger partial charge in [-0.25, -0.2) is 0 Å². The van der Waals surface area contributed by atoms with Crippen molar-refractivity contribution in [2.24, 2.45) is 0 Å². The van der Waals surface area contributed by atoms with Gasteiger partial charge in [-0.05, 0) is 31.3 Å². The first-order valence-electron chi connectivity index (χ1n) is 4.60. The molecule has 0 spiro atoms. The Balaban J connectivity index is 2.28. The maximum atomic E-state index is 3.49. The molecule has 0 aromatic carbocycles. The zero-order valence-corrected chi connectivity index (χ0v) is 8.29. The van der Waals surface area contributed by atoms with Crippen molar-refractivity contribution < 1.29 is 0 Å². The Hall–Kier alpha value is -0.340. The summed E-state index contributed by atoms with van der Waals surface area (Å²) in [5, 5.41) is 5.66. The standard InChI is InChI=1S/C10H15NS/c1-11-10(6-2-3-7-10)9-5-4-8-12-9/h4-5,8,11H,2-3,6-7H2,1H3. The summed E-state index contributed by atoms with van der Waals surface area (Å²) < 4.78 is 0. The molecule has 1 aromatic rings.